The van der Waals surface area contributed by atoms with Gasteiger partial charge in [-0.1, -0.05) is 30.3 Å². The summed E-state index contributed by atoms with van der Waals surface area (Å²) in [6.45, 7) is -0.0289. The van der Waals surface area contributed by atoms with Crippen molar-refractivity contribution in [1.29, 1.82) is 0 Å². The van der Waals surface area contributed by atoms with Crippen molar-refractivity contribution in [3.63, 3.8) is 0 Å². The van der Waals surface area contributed by atoms with Gasteiger partial charge in [0.1, 0.15) is 5.82 Å². The molecule has 0 amide bonds. The SMILES string of the molecule is FCn1cnc(-c2ccc(F)cc2)c1-c1ccnc(NCCCc2ccccc2)n1. The standard InChI is InChI=1S/C23H21F2N5/c24-15-30-16-28-21(18-8-10-19(25)11-9-18)22(30)20-12-14-27-23(29-20)26-13-4-7-17-5-2-1-3-6-17/h1-3,5-6,8-12,14,16H,4,7,13,15H2,(H,26,27,29). The van der Waals surface area contributed by atoms with Crippen molar-refractivity contribution >= 4 is 5.95 Å². The molecular weight excluding hydrogens is 384 g/mol. The first kappa shape index (κ1) is 19.7. The number of nitrogens with zero attached hydrogens (tertiary/aromatic N) is 4. The third kappa shape index (κ3) is 4.51. The average Bonchev–Trinajstić information content (AvgIpc) is 3.22. The number of anilines is 1. The van der Waals surface area contributed by atoms with E-state index in [-0.39, 0.29) is 5.82 Å². The molecule has 0 spiro atoms. The predicted molar refractivity (Wildman–Crippen MR) is 113 cm³/mol. The molecule has 152 valence electrons. The summed E-state index contributed by atoms with van der Waals surface area (Å²) in [5.74, 6) is 0.131. The predicted octanol–water partition coefficient (Wildman–Crippen LogP) is 5.12. The summed E-state index contributed by atoms with van der Waals surface area (Å²) in [6, 6.07) is 17.9. The number of alkyl halides is 1. The molecule has 2 heterocycles. The number of hydrogen-bond acceptors (Lipinski definition) is 4. The normalized spacial score (nSPS) is 10.9. The molecule has 2 aromatic carbocycles. The summed E-state index contributed by atoms with van der Waals surface area (Å²) in [5.41, 5.74) is 3.59. The van der Waals surface area contributed by atoms with E-state index in [0.29, 0.717) is 35.1 Å². The molecule has 0 atom stereocenters. The van der Waals surface area contributed by atoms with Crippen molar-refractivity contribution in [1.82, 2.24) is 19.5 Å². The Morgan fingerprint density at radius 1 is 0.933 bits per heavy atom. The average molecular weight is 405 g/mol. The highest BCUT2D eigenvalue weighted by atomic mass is 19.1. The molecule has 0 unspecified atom stereocenters. The van der Waals surface area contributed by atoms with E-state index in [2.05, 4.69) is 32.4 Å². The second kappa shape index (κ2) is 9.26. The van der Waals surface area contributed by atoms with Crippen LogP contribution in [0.2, 0.25) is 0 Å². The van der Waals surface area contributed by atoms with E-state index in [1.807, 2.05) is 18.2 Å². The number of nitrogens with one attached hydrogen (secondary N) is 1. The zero-order valence-corrected chi connectivity index (χ0v) is 16.3. The largest absolute Gasteiger partial charge is 0.354 e. The summed E-state index contributed by atoms with van der Waals surface area (Å²) in [5, 5.41) is 3.23. The van der Waals surface area contributed by atoms with Crippen molar-refractivity contribution in [2.75, 3.05) is 11.9 Å². The van der Waals surface area contributed by atoms with Gasteiger partial charge in [0.2, 0.25) is 5.95 Å². The lowest BCUT2D eigenvalue weighted by molar-refractivity contribution is 0.379. The van der Waals surface area contributed by atoms with Crippen molar-refractivity contribution < 1.29 is 8.78 Å². The van der Waals surface area contributed by atoms with Crippen LogP contribution in [0.1, 0.15) is 12.0 Å². The van der Waals surface area contributed by atoms with E-state index in [4.69, 9.17) is 0 Å². The van der Waals surface area contributed by atoms with E-state index >= 15 is 0 Å². The summed E-state index contributed by atoms with van der Waals surface area (Å²) in [6.07, 6.45) is 4.94. The minimum Gasteiger partial charge on any atom is -0.354 e. The molecule has 4 aromatic rings. The summed E-state index contributed by atoms with van der Waals surface area (Å²) < 4.78 is 28.2. The second-order valence-corrected chi connectivity index (χ2v) is 6.82. The van der Waals surface area contributed by atoms with Gasteiger partial charge in [-0.2, -0.15) is 0 Å². The third-order valence-electron chi connectivity index (χ3n) is 4.75. The number of aryl methyl sites for hydroxylation is 1. The minimum absolute atomic E-state index is 0.339. The zero-order chi connectivity index (χ0) is 20.8. The van der Waals surface area contributed by atoms with Gasteiger partial charge in [-0.05, 0) is 48.7 Å². The van der Waals surface area contributed by atoms with Gasteiger partial charge in [-0.15, -0.1) is 0 Å². The third-order valence-corrected chi connectivity index (χ3v) is 4.75. The van der Waals surface area contributed by atoms with Gasteiger partial charge in [-0.25, -0.2) is 23.7 Å². The lowest BCUT2D eigenvalue weighted by Gasteiger charge is -2.09. The molecule has 0 bridgehead atoms. The lowest BCUT2D eigenvalue weighted by atomic mass is 10.1. The molecule has 0 aliphatic heterocycles. The number of benzene rings is 2. The number of rotatable bonds is 8. The quantitative estimate of drug-likeness (QED) is 0.414. The van der Waals surface area contributed by atoms with Gasteiger partial charge in [0.25, 0.3) is 0 Å². The Balaban J connectivity index is 1.52. The highest BCUT2D eigenvalue weighted by molar-refractivity contribution is 5.77. The molecule has 7 heteroatoms. The Morgan fingerprint density at radius 2 is 1.73 bits per heavy atom. The van der Waals surface area contributed by atoms with E-state index in [1.165, 1.54) is 28.6 Å². The molecule has 0 aliphatic carbocycles. The van der Waals surface area contributed by atoms with Crippen molar-refractivity contribution in [3.05, 3.63) is 84.6 Å². The van der Waals surface area contributed by atoms with Crippen molar-refractivity contribution in [2.24, 2.45) is 0 Å². The highest BCUT2D eigenvalue weighted by Crippen LogP contribution is 2.30. The monoisotopic (exact) mass is 405 g/mol. The lowest BCUT2D eigenvalue weighted by Crippen LogP contribution is -2.07. The van der Waals surface area contributed by atoms with Crippen molar-refractivity contribution in [2.45, 2.75) is 19.6 Å². The van der Waals surface area contributed by atoms with Crippen LogP contribution in [0.15, 0.2) is 73.2 Å². The summed E-state index contributed by atoms with van der Waals surface area (Å²) in [4.78, 5) is 13.1. The van der Waals surface area contributed by atoms with Gasteiger partial charge in [0.15, 0.2) is 6.80 Å². The highest BCUT2D eigenvalue weighted by Gasteiger charge is 2.17. The number of imidazole rings is 1. The molecule has 2 aromatic heterocycles. The fourth-order valence-electron chi connectivity index (χ4n) is 3.27. The maximum Gasteiger partial charge on any atom is 0.223 e. The van der Waals surface area contributed by atoms with Crippen LogP contribution in [0, 0.1) is 5.82 Å². The van der Waals surface area contributed by atoms with Crippen LogP contribution in [0.25, 0.3) is 22.6 Å². The molecule has 0 aliphatic rings. The molecule has 0 fully saturated rings. The molecule has 0 saturated heterocycles. The molecule has 5 nitrogen and oxygen atoms in total. The fourth-order valence-corrected chi connectivity index (χ4v) is 3.27. The Hall–Kier alpha value is -3.61. The Bertz CT molecular complexity index is 1090. The molecule has 1 N–H and O–H groups in total. The van der Waals surface area contributed by atoms with Crippen LogP contribution in [0.5, 0.6) is 0 Å². The first-order valence-electron chi connectivity index (χ1n) is 9.73. The fraction of sp³-hybridized carbons (Fsp3) is 0.174. The molecule has 0 radical (unpaired) electrons. The van der Waals surface area contributed by atoms with Gasteiger partial charge >= 0.3 is 0 Å². The Morgan fingerprint density at radius 3 is 2.50 bits per heavy atom. The summed E-state index contributed by atoms with van der Waals surface area (Å²) >= 11 is 0. The van der Waals surface area contributed by atoms with Crippen LogP contribution in [-0.2, 0) is 13.2 Å². The number of halogens is 2. The van der Waals surface area contributed by atoms with E-state index < -0.39 is 6.80 Å². The topological polar surface area (TPSA) is 55.6 Å². The van der Waals surface area contributed by atoms with Crippen LogP contribution in [0.4, 0.5) is 14.7 Å². The van der Waals surface area contributed by atoms with Crippen LogP contribution < -0.4 is 5.32 Å². The molecule has 4 rings (SSSR count). The minimum atomic E-state index is -0.743. The maximum absolute atomic E-state index is 13.6. The van der Waals surface area contributed by atoms with Gasteiger partial charge in [0.05, 0.1) is 23.4 Å². The smallest absolute Gasteiger partial charge is 0.223 e. The Labute approximate surface area is 173 Å². The van der Waals surface area contributed by atoms with Gasteiger partial charge < -0.3 is 5.32 Å². The van der Waals surface area contributed by atoms with Crippen LogP contribution >= 0.6 is 0 Å². The second-order valence-electron chi connectivity index (χ2n) is 6.82. The molecule has 30 heavy (non-hydrogen) atoms. The first-order chi connectivity index (χ1) is 14.7. The maximum atomic E-state index is 13.6. The first-order valence-corrected chi connectivity index (χ1v) is 9.73. The van der Waals surface area contributed by atoms with E-state index in [9.17, 15) is 8.78 Å². The number of hydrogen-bond donors (Lipinski definition) is 1. The van der Waals surface area contributed by atoms with Crippen LogP contribution in [-0.4, -0.2) is 26.1 Å². The Kier molecular flexibility index (Phi) is 6.08. The molecule has 0 saturated carbocycles. The van der Waals surface area contributed by atoms with Gasteiger partial charge in [0, 0.05) is 18.3 Å². The van der Waals surface area contributed by atoms with Crippen molar-refractivity contribution in [3.8, 4) is 22.6 Å². The van der Waals surface area contributed by atoms with E-state index in [1.54, 1.807) is 24.4 Å². The van der Waals surface area contributed by atoms with E-state index in [0.717, 1.165) is 12.8 Å². The zero-order valence-electron chi connectivity index (χ0n) is 16.3. The summed E-state index contributed by atoms with van der Waals surface area (Å²) in [7, 11) is 0. The van der Waals surface area contributed by atoms with Gasteiger partial charge in [-0.3, -0.25) is 4.57 Å². The van der Waals surface area contributed by atoms with Crippen LogP contribution in [0.3, 0.4) is 0 Å². The molecular formula is C23H21F2N5. The number of aromatic nitrogens is 4.